The molecule has 0 saturated heterocycles. The van der Waals surface area contributed by atoms with Gasteiger partial charge in [0.25, 0.3) is 0 Å². The summed E-state index contributed by atoms with van der Waals surface area (Å²) in [6, 6.07) is 21.7. The Balaban J connectivity index is 1.65. The number of hydrogen-bond acceptors (Lipinski definition) is 6. The Morgan fingerprint density at radius 1 is 0.875 bits per heavy atom. The Labute approximate surface area is 191 Å². The summed E-state index contributed by atoms with van der Waals surface area (Å²) in [5, 5.41) is 10.7. The van der Waals surface area contributed by atoms with Crippen LogP contribution in [0.4, 0.5) is 11.5 Å². The van der Waals surface area contributed by atoms with E-state index in [0.29, 0.717) is 18.8 Å². The molecule has 2 aromatic carbocycles. The maximum Gasteiger partial charge on any atom is 0.128 e. The fourth-order valence-corrected chi connectivity index (χ4v) is 3.57. The van der Waals surface area contributed by atoms with Crippen LogP contribution in [-0.2, 0) is 6.54 Å². The standard InChI is InChI=1S/C26H33N3O3/c1-4-28(5-2)22-11-9-21(10-12-22)18-29(26-8-6-7-17-27-26)19-23(30)20-32-25-15-13-24(31-3)14-16-25/h6-17,23,30H,4-5,18-20H2,1-3H3. The van der Waals surface area contributed by atoms with Crippen LogP contribution < -0.4 is 19.3 Å². The first-order chi connectivity index (χ1) is 15.6. The second kappa shape index (κ2) is 12.0. The monoisotopic (exact) mass is 435 g/mol. The Kier molecular flexibility index (Phi) is 8.75. The maximum atomic E-state index is 10.7. The predicted molar refractivity (Wildman–Crippen MR) is 130 cm³/mol. The molecule has 0 radical (unpaired) electrons. The molecule has 0 spiro atoms. The van der Waals surface area contributed by atoms with Gasteiger partial charge in [-0.3, -0.25) is 0 Å². The molecule has 3 aromatic rings. The zero-order valence-corrected chi connectivity index (χ0v) is 19.1. The molecule has 0 aliphatic carbocycles. The van der Waals surface area contributed by atoms with Crippen molar-refractivity contribution in [1.82, 2.24) is 4.98 Å². The van der Waals surface area contributed by atoms with Crippen LogP contribution in [0.25, 0.3) is 0 Å². The van der Waals surface area contributed by atoms with Gasteiger partial charge in [0.05, 0.1) is 7.11 Å². The molecule has 0 fully saturated rings. The van der Waals surface area contributed by atoms with Crippen LogP contribution >= 0.6 is 0 Å². The van der Waals surface area contributed by atoms with Gasteiger partial charge in [-0.1, -0.05) is 18.2 Å². The van der Waals surface area contributed by atoms with Crippen molar-refractivity contribution in [3.05, 3.63) is 78.5 Å². The van der Waals surface area contributed by atoms with Crippen molar-refractivity contribution in [2.45, 2.75) is 26.5 Å². The van der Waals surface area contributed by atoms with Crippen molar-refractivity contribution in [2.75, 3.05) is 43.2 Å². The summed E-state index contributed by atoms with van der Waals surface area (Å²) >= 11 is 0. The lowest BCUT2D eigenvalue weighted by Gasteiger charge is -2.27. The molecule has 1 N–H and O–H groups in total. The van der Waals surface area contributed by atoms with Crippen molar-refractivity contribution in [2.24, 2.45) is 0 Å². The van der Waals surface area contributed by atoms with E-state index in [1.807, 2.05) is 42.5 Å². The number of ether oxygens (including phenoxy) is 2. The Morgan fingerprint density at radius 2 is 1.56 bits per heavy atom. The van der Waals surface area contributed by atoms with Crippen LogP contribution in [0, 0.1) is 0 Å². The van der Waals surface area contributed by atoms with E-state index in [1.54, 1.807) is 13.3 Å². The summed E-state index contributed by atoms with van der Waals surface area (Å²) in [5.74, 6) is 2.29. The Morgan fingerprint density at radius 3 is 2.16 bits per heavy atom. The van der Waals surface area contributed by atoms with Gasteiger partial charge in [-0.25, -0.2) is 4.98 Å². The summed E-state index contributed by atoms with van der Waals surface area (Å²) in [4.78, 5) is 8.89. The second-order valence-electron chi connectivity index (χ2n) is 7.55. The summed E-state index contributed by atoms with van der Waals surface area (Å²) in [5.41, 5.74) is 2.38. The van der Waals surface area contributed by atoms with Gasteiger partial charge in [0.1, 0.15) is 30.0 Å². The zero-order valence-electron chi connectivity index (χ0n) is 19.1. The van der Waals surface area contributed by atoms with E-state index < -0.39 is 6.10 Å². The molecule has 1 heterocycles. The van der Waals surface area contributed by atoms with E-state index >= 15 is 0 Å². The fraction of sp³-hybridized carbons (Fsp3) is 0.346. The number of aliphatic hydroxyl groups excluding tert-OH is 1. The third-order valence-electron chi connectivity index (χ3n) is 5.34. The van der Waals surface area contributed by atoms with Gasteiger partial charge in [-0.15, -0.1) is 0 Å². The zero-order chi connectivity index (χ0) is 22.8. The van der Waals surface area contributed by atoms with E-state index in [-0.39, 0.29) is 6.61 Å². The molecule has 0 aliphatic heterocycles. The molecule has 1 aromatic heterocycles. The molecule has 0 amide bonds. The molecule has 0 aliphatic rings. The molecule has 1 atom stereocenters. The van der Waals surface area contributed by atoms with Crippen LogP contribution in [-0.4, -0.2) is 49.5 Å². The van der Waals surface area contributed by atoms with Gasteiger partial charge in [0.15, 0.2) is 0 Å². The Bertz CT molecular complexity index is 913. The summed E-state index contributed by atoms with van der Waals surface area (Å²) in [7, 11) is 1.63. The second-order valence-corrected chi connectivity index (χ2v) is 7.55. The summed E-state index contributed by atoms with van der Waals surface area (Å²) in [6.07, 6.45) is 1.10. The van der Waals surface area contributed by atoms with Crippen molar-refractivity contribution in [3.8, 4) is 11.5 Å². The third kappa shape index (κ3) is 6.62. The van der Waals surface area contributed by atoms with E-state index in [0.717, 1.165) is 30.2 Å². The molecular formula is C26H33N3O3. The van der Waals surface area contributed by atoms with Crippen molar-refractivity contribution in [1.29, 1.82) is 0 Å². The highest BCUT2D eigenvalue weighted by atomic mass is 16.5. The van der Waals surface area contributed by atoms with Crippen LogP contribution in [0.15, 0.2) is 72.9 Å². The summed E-state index contributed by atoms with van der Waals surface area (Å²) in [6.45, 7) is 7.54. The van der Waals surface area contributed by atoms with E-state index in [2.05, 4.69) is 52.9 Å². The molecular weight excluding hydrogens is 402 g/mol. The molecule has 0 saturated carbocycles. The van der Waals surface area contributed by atoms with Gasteiger partial charge in [0, 0.05) is 38.1 Å². The molecule has 1 unspecified atom stereocenters. The number of benzene rings is 2. The highest BCUT2D eigenvalue weighted by Gasteiger charge is 2.15. The number of aromatic nitrogens is 1. The molecule has 6 nitrogen and oxygen atoms in total. The highest BCUT2D eigenvalue weighted by Crippen LogP contribution is 2.20. The smallest absolute Gasteiger partial charge is 0.128 e. The minimum absolute atomic E-state index is 0.191. The molecule has 0 bridgehead atoms. The van der Waals surface area contributed by atoms with E-state index in [1.165, 1.54) is 5.69 Å². The molecule has 3 rings (SSSR count). The number of nitrogens with zero attached hydrogens (tertiary/aromatic N) is 3. The van der Waals surface area contributed by atoms with Gasteiger partial charge in [0.2, 0.25) is 0 Å². The largest absolute Gasteiger partial charge is 0.497 e. The predicted octanol–water partition coefficient (Wildman–Crippen LogP) is 4.38. The number of rotatable bonds is 12. The first-order valence-corrected chi connectivity index (χ1v) is 11.1. The van der Waals surface area contributed by atoms with Gasteiger partial charge < -0.3 is 24.4 Å². The van der Waals surface area contributed by atoms with Crippen LogP contribution in [0.5, 0.6) is 11.5 Å². The lowest BCUT2D eigenvalue weighted by Crippen LogP contribution is -2.35. The number of anilines is 2. The lowest BCUT2D eigenvalue weighted by molar-refractivity contribution is 0.111. The minimum Gasteiger partial charge on any atom is -0.497 e. The average Bonchev–Trinajstić information content (AvgIpc) is 2.85. The average molecular weight is 436 g/mol. The SMILES string of the molecule is CCN(CC)c1ccc(CN(CC(O)COc2ccc(OC)cc2)c2ccccn2)cc1. The number of hydrogen-bond donors (Lipinski definition) is 1. The number of pyridine rings is 1. The van der Waals surface area contributed by atoms with Crippen LogP contribution in [0.3, 0.4) is 0 Å². The number of aliphatic hydroxyl groups is 1. The first kappa shape index (κ1) is 23.4. The maximum absolute atomic E-state index is 10.7. The summed E-state index contributed by atoms with van der Waals surface area (Å²) < 4.78 is 10.9. The fourth-order valence-electron chi connectivity index (χ4n) is 3.57. The quantitative estimate of drug-likeness (QED) is 0.456. The Hall–Kier alpha value is -3.25. The molecule has 32 heavy (non-hydrogen) atoms. The van der Waals surface area contributed by atoms with Crippen molar-refractivity contribution >= 4 is 11.5 Å². The highest BCUT2D eigenvalue weighted by molar-refractivity contribution is 5.48. The normalized spacial score (nSPS) is 11.6. The number of methoxy groups -OCH3 is 1. The van der Waals surface area contributed by atoms with Crippen molar-refractivity contribution in [3.63, 3.8) is 0 Å². The van der Waals surface area contributed by atoms with Crippen LogP contribution in [0.1, 0.15) is 19.4 Å². The van der Waals surface area contributed by atoms with Gasteiger partial charge in [-0.2, -0.15) is 0 Å². The first-order valence-electron chi connectivity index (χ1n) is 11.1. The van der Waals surface area contributed by atoms with E-state index in [9.17, 15) is 5.11 Å². The van der Waals surface area contributed by atoms with Gasteiger partial charge in [-0.05, 0) is 67.9 Å². The molecule has 170 valence electrons. The van der Waals surface area contributed by atoms with Crippen molar-refractivity contribution < 1.29 is 14.6 Å². The minimum atomic E-state index is -0.672. The van der Waals surface area contributed by atoms with Crippen LogP contribution in [0.2, 0.25) is 0 Å². The molecule has 6 heteroatoms. The topological polar surface area (TPSA) is 58.1 Å². The third-order valence-corrected chi connectivity index (χ3v) is 5.34. The van der Waals surface area contributed by atoms with E-state index in [4.69, 9.17) is 9.47 Å². The lowest BCUT2D eigenvalue weighted by atomic mass is 10.1. The van der Waals surface area contributed by atoms with Gasteiger partial charge >= 0.3 is 0 Å².